The Morgan fingerprint density at radius 1 is 1.19 bits per heavy atom. The molecule has 2 heteroatoms. The lowest BCUT2D eigenvalue weighted by atomic mass is 9.72. The smallest absolute Gasteiger partial charge is 0.109 e. The van der Waals surface area contributed by atoms with Crippen molar-refractivity contribution in [2.75, 3.05) is 0 Å². The lowest BCUT2D eigenvalue weighted by molar-refractivity contribution is 0.174. The molecule has 0 aromatic heterocycles. The van der Waals surface area contributed by atoms with Crippen molar-refractivity contribution >= 4 is 0 Å². The first-order chi connectivity index (χ1) is 7.80. The van der Waals surface area contributed by atoms with Gasteiger partial charge in [-0.2, -0.15) is 5.26 Å². The van der Waals surface area contributed by atoms with E-state index in [0.717, 1.165) is 12.8 Å². The predicted molar refractivity (Wildman–Crippen MR) is 66.0 cm³/mol. The summed E-state index contributed by atoms with van der Waals surface area (Å²) in [6, 6.07) is 3.25. The fraction of sp³-hybridized carbons (Fsp3) is 0.929. The molecule has 2 unspecified atom stereocenters. The molecule has 2 rings (SSSR count). The third-order valence-corrected chi connectivity index (χ3v) is 4.58. The molecule has 0 aromatic rings. The van der Waals surface area contributed by atoms with Gasteiger partial charge in [-0.25, -0.2) is 0 Å². The second-order valence-electron chi connectivity index (χ2n) is 5.56. The van der Waals surface area contributed by atoms with E-state index in [1.54, 1.807) is 0 Å². The van der Waals surface area contributed by atoms with Crippen LogP contribution in [0.2, 0.25) is 0 Å². The molecule has 2 aliphatic rings. The monoisotopic (exact) mass is 220 g/mol. The zero-order chi connectivity index (χ0) is 11.4. The molecule has 0 amide bonds. The quantitative estimate of drug-likeness (QED) is 0.791. The molecule has 2 aliphatic carbocycles. The van der Waals surface area contributed by atoms with Gasteiger partial charge >= 0.3 is 0 Å². The summed E-state index contributed by atoms with van der Waals surface area (Å²) in [6.45, 7) is 2.23. The first-order valence-electron chi connectivity index (χ1n) is 6.99. The van der Waals surface area contributed by atoms with E-state index in [2.05, 4.69) is 18.3 Å². The lowest BCUT2D eigenvalue weighted by Crippen LogP contribution is -2.55. The molecule has 0 radical (unpaired) electrons. The van der Waals surface area contributed by atoms with Gasteiger partial charge in [-0.3, -0.25) is 5.32 Å². The zero-order valence-electron chi connectivity index (χ0n) is 10.5. The number of hydrogen-bond donors (Lipinski definition) is 1. The first-order valence-corrected chi connectivity index (χ1v) is 6.99. The van der Waals surface area contributed by atoms with Crippen molar-refractivity contribution in [2.24, 2.45) is 5.92 Å². The van der Waals surface area contributed by atoms with Crippen LogP contribution in [0.3, 0.4) is 0 Å². The first kappa shape index (κ1) is 11.9. The molecular formula is C14H24N2. The van der Waals surface area contributed by atoms with Crippen LogP contribution >= 0.6 is 0 Å². The molecule has 2 atom stereocenters. The van der Waals surface area contributed by atoms with E-state index in [1.165, 1.54) is 44.9 Å². The third-order valence-electron chi connectivity index (χ3n) is 4.58. The van der Waals surface area contributed by atoms with Gasteiger partial charge in [0.15, 0.2) is 0 Å². The Morgan fingerprint density at radius 3 is 2.50 bits per heavy atom. The van der Waals surface area contributed by atoms with Crippen LogP contribution < -0.4 is 5.32 Å². The van der Waals surface area contributed by atoms with E-state index in [4.69, 9.17) is 0 Å². The largest absolute Gasteiger partial charge is 0.296 e. The van der Waals surface area contributed by atoms with Crippen LogP contribution in [0.4, 0.5) is 0 Å². The van der Waals surface area contributed by atoms with E-state index in [9.17, 15) is 5.26 Å². The van der Waals surface area contributed by atoms with Gasteiger partial charge in [-0.15, -0.1) is 0 Å². The highest BCUT2D eigenvalue weighted by molar-refractivity contribution is 5.13. The summed E-state index contributed by atoms with van der Waals surface area (Å²) < 4.78 is 0. The van der Waals surface area contributed by atoms with Crippen molar-refractivity contribution in [2.45, 2.75) is 76.3 Å². The highest BCUT2D eigenvalue weighted by Crippen LogP contribution is 2.37. The van der Waals surface area contributed by atoms with E-state index >= 15 is 0 Å². The molecule has 2 saturated carbocycles. The maximum absolute atomic E-state index is 9.59. The highest BCUT2D eigenvalue weighted by atomic mass is 15.0. The summed E-state index contributed by atoms with van der Waals surface area (Å²) in [6.07, 6.45) is 11.2. The topological polar surface area (TPSA) is 35.8 Å². The van der Waals surface area contributed by atoms with Crippen LogP contribution in [0.25, 0.3) is 0 Å². The molecule has 1 N–H and O–H groups in total. The molecule has 2 nitrogen and oxygen atoms in total. The molecule has 0 aliphatic heterocycles. The van der Waals surface area contributed by atoms with Crippen LogP contribution in [-0.2, 0) is 0 Å². The Hall–Kier alpha value is -0.550. The summed E-state index contributed by atoms with van der Waals surface area (Å²) in [5.74, 6) is 0.576. The number of nitrogens with zero attached hydrogens (tertiary/aromatic N) is 1. The van der Waals surface area contributed by atoms with Crippen LogP contribution in [0.1, 0.15) is 64.7 Å². The minimum atomic E-state index is -0.192. The van der Waals surface area contributed by atoms with Crippen molar-refractivity contribution in [3.05, 3.63) is 0 Å². The minimum Gasteiger partial charge on any atom is -0.296 e. The fourth-order valence-electron chi connectivity index (χ4n) is 3.60. The highest BCUT2D eigenvalue weighted by Gasteiger charge is 2.41. The Balaban J connectivity index is 2.06. The number of nitriles is 1. The van der Waals surface area contributed by atoms with Gasteiger partial charge in [0.25, 0.3) is 0 Å². The maximum atomic E-state index is 9.59. The molecular weight excluding hydrogens is 196 g/mol. The maximum Gasteiger partial charge on any atom is 0.109 e. The summed E-state index contributed by atoms with van der Waals surface area (Å²) in [4.78, 5) is 0. The van der Waals surface area contributed by atoms with E-state index in [-0.39, 0.29) is 5.54 Å². The number of rotatable bonds is 3. The summed E-state index contributed by atoms with van der Waals surface area (Å²) >= 11 is 0. The molecule has 0 spiro atoms. The van der Waals surface area contributed by atoms with Crippen LogP contribution in [-0.4, -0.2) is 11.6 Å². The van der Waals surface area contributed by atoms with Crippen molar-refractivity contribution in [1.82, 2.24) is 5.32 Å². The second-order valence-corrected chi connectivity index (χ2v) is 5.56. The Morgan fingerprint density at radius 2 is 1.88 bits per heavy atom. The predicted octanol–water partition coefficient (Wildman–Crippen LogP) is 3.38. The van der Waals surface area contributed by atoms with Crippen molar-refractivity contribution in [3.8, 4) is 6.07 Å². The van der Waals surface area contributed by atoms with E-state index in [1.807, 2.05) is 0 Å². The molecule has 2 fully saturated rings. The molecule has 0 bridgehead atoms. The minimum absolute atomic E-state index is 0.192. The SMILES string of the molecule is CCC1CCCCC1(C#N)NC1CCCC1. The Labute approximate surface area is 99.4 Å². The summed E-state index contributed by atoms with van der Waals surface area (Å²) in [7, 11) is 0. The van der Waals surface area contributed by atoms with E-state index in [0.29, 0.717) is 12.0 Å². The van der Waals surface area contributed by atoms with Gasteiger partial charge in [-0.1, -0.05) is 39.0 Å². The van der Waals surface area contributed by atoms with Gasteiger partial charge in [0.1, 0.15) is 5.54 Å². The summed E-state index contributed by atoms with van der Waals surface area (Å²) in [5.41, 5.74) is -0.192. The van der Waals surface area contributed by atoms with Gasteiger partial charge in [0.2, 0.25) is 0 Å². The molecule has 0 heterocycles. The van der Waals surface area contributed by atoms with Gasteiger partial charge in [0, 0.05) is 6.04 Å². The average molecular weight is 220 g/mol. The Kier molecular flexibility index (Phi) is 3.86. The average Bonchev–Trinajstić information content (AvgIpc) is 2.82. The summed E-state index contributed by atoms with van der Waals surface area (Å²) in [5, 5.41) is 13.3. The molecule has 16 heavy (non-hydrogen) atoms. The number of nitrogens with one attached hydrogen (secondary N) is 1. The lowest BCUT2D eigenvalue weighted by Gasteiger charge is -2.41. The zero-order valence-corrected chi connectivity index (χ0v) is 10.5. The normalized spacial score (nSPS) is 36.1. The van der Waals surface area contributed by atoms with Crippen molar-refractivity contribution < 1.29 is 0 Å². The van der Waals surface area contributed by atoms with Gasteiger partial charge < -0.3 is 0 Å². The Bertz CT molecular complexity index is 262. The third kappa shape index (κ3) is 2.25. The molecule has 0 aromatic carbocycles. The molecule has 0 saturated heterocycles. The molecule has 90 valence electrons. The van der Waals surface area contributed by atoms with Crippen molar-refractivity contribution in [3.63, 3.8) is 0 Å². The van der Waals surface area contributed by atoms with E-state index < -0.39 is 0 Å². The van der Waals surface area contributed by atoms with Crippen LogP contribution in [0, 0.1) is 17.2 Å². The van der Waals surface area contributed by atoms with Crippen molar-refractivity contribution in [1.29, 1.82) is 5.26 Å². The second kappa shape index (κ2) is 5.19. The fourth-order valence-corrected chi connectivity index (χ4v) is 3.60. The van der Waals surface area contributed by atoms with Crippen LogP contribution in [0.5, 0.6) is 0 Å². The van der Waals surface area contributed by atoms with Gasteiger partial charge in [-0.05, 0) is 31.6 Å². The van der Waals surface area contributed by atoms with Crippen LogP contribution in [0.15, 0.2) is 0 Å². The number of hydrogen-bond acceptors (Lipinski definition) is 2. The van der Waals surface area contributed by atoms with Gasteiger partial charge in [0.05, 0.1) is 6.07 Å². The standard InChI is InChI=1S/C14H24N2/c1-2-12-7-5-6-10-14(12,11-15)16-13-8-3-4-9-13/h12-13,16H,2-10H2,1H3.